The van der Waals surface area contributed by atoms with E-state index in [2.05, 4.69) is 6.92 Å². The van der Waals surface area contributed by atoms with E-state index in [4.69, 9.17) is 4.74 Å². The molecule has 0 aliphatic heterocycles. The molecule has 0 aromatic heterocycles. The van der Waals surface area contributed by atoms with E-state index in [0.29, 0.717) is 11.5 Å². The van der Waals surface area contributed by atoms with Crippen molar-refractivity contribution in [2.24, 2.45) is 0 Å². The van der Waals surface area contributed by atoms with Gasteiger partial charge in [0.05, 0.1) is 6.61 Å². The van der Waals surface area contributed by atoms with Crippen molar-refractivity contribution in [1.82, 2.24) is 0 Å². The summed E-state index contributed by atoms with van der Waals surface area (Å²) in [4.78, 5) is 0.300. The molecule has 0 heterocycles. The van der Waals surface area contributed by atoms with Crippen molar-refractivity contribution in [3.63, 3.8) is 0 Å². The molecule has 3 nitrogen and oxygen atoms in total. The van der Waals surface area contributed by atoms with Crippen LogP contribution in [0.4, 0.5) is 0 Å². The molecule has 1 unspecified atom stereocenters. The molecular weight excluding hydrogens is 344 g/mol. The molecule has 1 aromatic rings. The second-order valence-electron chi connectivity index (χ2n) is 7.15. The van der Waals surface area contributed by atoms with Gasteiger partial charge in [-0.15, -0.1) is 0 Å². The number of rotatable bonds is 17. The van der Waals surface area contributed by atoms with Crippen LogP contribution in [-0.2, 0) is 11.1 Å². The molecule has 0 fully saturated rings. The van der Waals surface area contributed by atoms with E-state index < -0.39 is 11.1 Å². The summed E-state index contributed by atoms with van der Waals surface area (Å²) < 4.78 is 27.2. The molecular formula is C22H37O3S-. The molecule has 0 aliphatic rings. The van der Waals surface area contributed by atoms with Gasteiger partial charge in [-0.3, -0.25) is 4.21 Å². The van der Waals surface area contributed by atoms with E-state index in [9.17, 15) is 8.76 Å². The van der Waals surface area contributed by atoms with Crippen LogP contribution in [0.5, 0.6) is 5.75 Å². The summed E-state index contributed by atoms with van der Waals surface area (Å²) >= 11 is -2.16. The van der Waals surface area contributed by atoms with E-state index in [1.165, 1.54) is 83.5 Å². The number of ether oxygens (including phenoxy) is 1. The average Bonchev–Trinajstić information content (AvgIpc) is 2.65. The SMILES string of the molecule is CCCCCCCCCCCCCCCCOc1ccc(S(=O)[O-])cc1. The molecule has 0 amide bonds. The first-order valence-electron chi connectivity index (χ1n) is 10.6. The predicted octanol–water partition coefficient (Wildman–Crippen LogP) is 6.78. The fraction of sp³-hybridized carbons (Fsp3) is 0.727. The lowest BCUT2D eigenvalue weighted by Gasteiger charge is -2.08. The standard InChI is InChI=1S/C22H38O3S/c1-2-3-4-5-6-7-8-9-10-11-12-13-14-15-20-25-21-16-18-22(19-17-21)26(23)24/h16-19H,2-15,20H2,1H3,(H,23,24)/p-1. The highest BCUT2D eigenvalue weighted by Crippen LogP contribution is 2.15. The van der Waals surface area contributed by atoms with E-state index in [1.54, 1.807) is 24.3 Å². The Morgan fingerprint density at radius 2 is 1.15 bits per heavy atom. The Balaban J connectivity index is 1.83. The van der Waals surface area contributed by atoms with E-state index >= 15 is 0 Å². The third-order valence-electron chi connectivity index (χ3n) is 4.78. The van der Waals surface area contributed by atoms with Gasteiger partial charge >= 0.3 is 0 Å². The first-order chi connectivity index (χ1) is 12.7. The van der Waals surface area contributed by atoms with Crippen molar-refractivity contribution in [3.05, 3.63) is 24.3 Å². The molecule has 1 aromatic carbocycles. The summed E-state index contributed by atoms with van der Waals surface area (Å²) in [6, 6.07) is 6.58. The number of benzene rings is 1. The zero-order chi connectivity index (χ0) is 18.9. The molecule has 1 atom stereocenters. The zero-order valence-electron chi connectivity index (χ0n) is 16.5. The Kier molecular flexibility index (Phi) is 14.5. The lowest BCUT2D eigenvalue weighted by molar-refractivity contribution is 0.304. The number of unbranched alkanes of at least 4 members (excludes halogenated alkanes) is 13. The third-order valence-corrected chi connectivity index (χ3v) is 5.44. The maximum absolute atomic E-state index is 10.8. The Hall–Kier alpha value is -0.870. The van der Waals surface area contributed by atoms with Gasteiger partial charge in [0.2, 0.25) is 0 Å². The summed E-state index contributed by atoms with van der Waals surface area (Å²) in [5, 5.41) is 0. The largest absolute Gasteiger partial charge is 0.768 e. The van der Waals surface area contributed by atoms with Crippen LogP contribution in [0.3, 0.4) is 0 Å². The highest BCUT2D eigenvalue weighted by Gasteiger charge is 1.97. The summed E-state index contributed by atoms with van der Waals surface area (Å²) in [6.07, 6.45) is 18.9. The Bertz CT molecular complexity index is 459. The van der Waals surface area contributed by atoms with Crippen molar-refractivity contribution >= 4 is 11.1 Å². The van der Waals surface area contributed by atoms with Gasteiger partial charge in [-0.2, -0.15) is 0 Å². The molecule has 0 N–H and O–H groups in total. The van der Waals surface area contributed by atoms with Gasteiger partial charge in [0, 0.05) is 4.90 Å². The van der Waals surface area contributed by atoms with Gasteiger partial charge in [-0.05, 0) is 41.8 Å². The Labute approximate surface area is 163 Å². The first kappa shape index (κ1) is 23.2. The van der Waals surface area contributed by atoms with Crippen molar-refractivity contribution in [2.45, 2.75) is 102 Å². The van der Waals surface area contributed by atoms with Crippen LogP contribution < -0.4 is 4.74 Å². The number of hydrogen-bond acceptors (Lipinski definition) is 3. The highest BCUT2D eigenvalue weighted by molar-refractivity contribution is 7.79. The minimum Gasteiger partial charge on any atom is -0.768 e. The van der Waals surface area contributed by atoms with Crippen LogP contribution in [0.1, 0.15) is 96.8 Å². The van der Waals surface area contributed by atoms with Gasteiger partial charge in [-0.25, -0.2) is 0 Å². The van der Waals surface area contributed by atoms with Crippen LogP contribution in [0.25, 0.3) is 0 Å². The molecule has 0 aliphatic carbocycles. The normalized spacial score (nSPS) is 12.2. The van der Waals surface area contributed by atoms with Crippen LogP contribution >= 0.6 is 0 Å². The second-order valence-corrected chi connectivity index (χ2v) is 8.09. The Morgan fingerprint density at radius 1 is 0.731 bits per heavy atom. The molecule has 0 spiro atoms. The maximum atomic E-state index is 10.8. The van der Waals surface area contributed by atoms with Crippen LogP contribution in [0, 0.1) is 0 Å². The van der Waals surface area contributed by atoms with Gasteiger partial charge in [-0.1, -0.05) is 90.4 Å². The van der Waals surface area contributed by atoms with Gasteiger partial charge in [0.25, 0.3) is 0 Å². The highest BCUT2D eigenvalue weighted by atomic mass is 32.2. The van der Waals surface area contributed by atoms with Gasteiger partial charge < -0.3 is 9.29 Å². The average molecular weight is 382 g/mol. The topological polar surface area (TPSA) is 49.4 Å². The van der Waals surface area contributed by atoms with Crippen LogP contribution in [0.2, 0.25) is 0 Å². The van der Waals surface area contributed by atoms with Gasteiger partial charge in [0.1, 0.15) is 5.75 Å². The maximum Gasteiger partial charge on any atom is 0.119 e. The molecule has 0 bridgehead atoms. The minimum atomic E-state index is -2.16. The van der Waals surface area contributed by atoms with Crippen molar-refractivity contribution in [1.29, 1.82) is 0 Å². The molecule has 0 radical (unpaired) electrons. The molecule has 0 saturated carbocycles. The summed E-state index contributed by atoms with van der Waals surface area (Å²) in [6.45, 7) is 2.98. The lowest BCUT2D eigenvalue weighted by Crippen LogP contribution is -1.97. The summed E-state index contributed by atoms with van der Waals surface area (Å²) in [5.41, 5.74) is 0. The summed E-state index contributed by atoms with van der Waals surface area (Å²) in [5.74, 6) is 0.744. The van der Waals surface area contributed by atoms with E-state index in [0.717, 1.165) is 12.2 Å². The summed E-state index contributed by atoms with van der Waals surface area (Å²) in [7, 11) is 0. The first-order valence-corrected chi connectivity index (χ1v) is 11.6. The van der Waals surface area contributed by atoms with Crippen molar-refractivity contribution in [2.75, 3.05) is 6.61 Å². The molecule has 1 rings (SSSR count). The number of hydrogen-bond donors (Lipinski definition) is 0. The van der Waals surface area contributed by atoms with Crippen LogP contribution in [-0.4, -0.2) is 15.4 Å². The fourth-order valence-corrected chi connectivity index (χ4v) is 3.49. The molecule has 150 valence electrons. The van der Waals surface area contributed by atoms with Crippen molar-refractivity contribution in [3.8, 4) is 5.75 Å². The predicted molar refractivity (Wildman–Crippen MR) is 109 cm³/mol. The smallest absolute Gasteiger partial charge is 0.119 e. The third kappa shape index (κ3) is 12.5. The fourth-order valence-electron chi connectivity index (χ4n) is 3.13. The van der Waals surface area contributed by atoms with Crippen molar-refractivity contribution < 1.29 is 13.5 Å². The monoisotopic (exact) mass is 381 g/mol. The Morgan fingerprint density at radius 3 is 1.58 bits per heavy atom. The molecule has 26 heavy (non-hydrogen) atoms. The zero-order valence-corrected chi connectivity index (χ0v) is 17.4. The lowest BCUT2D eigenvalue weighted by atomic mass is 10.0. The van der Waals surface area contributed by atoms with Gasteiger partial charge in [0.15, 0.2) is 0 Å². The quantitative estimate of drug-likeness (QED) is 0.220. The second kappa shape index (κ2) is 16.3. The molecule has 0 saturated heterocycles. The molecule has 4 heteroatoms. The van der Waals surface area contributed by atoms with Crippen LogP contribution in [0.15, 0.2) is 29.2 Å². The van der Waals surface area contributed by atoms with E-state index in [1.807, 2.05) is 0 Å². The van der Waals surface area contributed by atoms with E-state index in [-0.39, 0.29) is 0 Å². The minimum absolute atomic E-state index is 0.300.